The molecule has 0 spiro atoms. The molecule has 5 aromatic carbocycles. The molecule has 0 nitrogen and oxygen atoms in total. The minimum Gasteiger partial charge on any atom is -0.0619 e. The molecule has 0 unspecified atom stereocenters. The van der Waals surface area contributed by atoms with Gasteiger partial charge in [0.1, 0.15) is 0 Å². The summed E-state index contributed by atoms with van der Waals surface area (Å²) >= 11 is 0. The molecule has 0 aromatic heterocycles. The van der Waals surface area contributed by atoms with E-state index in [2.05, 4.69) is 84.9 Å². The molecule has 0 heterocycles. The van der Waals surface area contributed by atoms with E-state index in [4.69, 9.17) is 0 Å². The Balaban J connectivity index is 1.70. The second-order valence-corrected chi connectivity index (χ2v) is 8.09. The number of benzene rings is 5. The van der Waals surface area contributed by atoms with Crippen LogP contribution in [-0.2, 0) is 12.8 Å². The summed E-state index contributed by atoms with van der Waals surface area (Å²) in [6.45, 7) is 0. The first-order valence-corrected chi connectivity index (χ1v) is 10.1. The van der Waals surface area contributed by atoms with Crippen molar-refractivity contribution in [2.45, 2.75) is 12.8 Å². The average molecular weight is 354 g/mol. The van der Waals surface area contributed by atoms with Gasteiger partial charge in [-0.3, -0.25) is 0 Å². The molecule has 0 heteroatoms. The minimum atomic E-state index is 1.03. The number of rotatable bonds is 0. The van der Waals surface area contributed by atoms with E-state index in [1.54, 1.807) is 0 Å². The van der Waals surface area contributed by atoms with E-state index in [1.165, 1.54) is 66.1 Å². The molecule has 0 saturated heterocycles. The highest BCUT2D eigenvalue weighted by Gasteiger charge is 2.30. The molecule has 0 saturated carbocycles. The summed E-state index contributed by atoms with van der Waals surface area (Å²) in [5.74, 6) is 0. The summed E-state index contributed by atoms with van der Waals surface area (Å²) < 4.78 is 0. The van der Waals surface area contributed by atoms with Crippen molar-refractivity contribution in [1.29, 1.82) is 0 Å². The fourth-order valence-electron chi connectivity index (χ4n) is 5.57. The Morgan fingerprint density at radius 3 is 1.82 bits per heavy atom. The topological polar surface area (TPSA) is 0 Å². The van der Waals surface area contributed by atoms with Gasteiger partial charge < -0.3 is 0 Å². The van der Waals surface area contributed by atoms with Crippen LogP contribution in [0.5, 0.6) is 0 Å². The van der Waals surface area contributed by atoms with Gasteiger partial charge in [0.2, 0.25) is 0 Å². The Labute approximate surface area is 164 Å². The molecule has 2 aliphatic carbocycles. The van der Waals surface area contributed by atoms with Crippen LogP contribution in [0.4, 0.5) is 0 Å². The molecule has 28 heavy (non-hydrogen) atoms. The Bertz CT molecular complexity index is 1450. The van der Waals surface area contributed by atoms with Crippen LogP contribution < -0.4 is 0 Å². The van der Waals surface area contributed by atoms with Crippen LogP contribution in [0.1, 0.15) is 22.3 Å². The summed E-state index contributed by atoms with van der Waals surface area (Å²) in [6.07, 6.45) is 2.09. The van der Waals surface area contributed by atoms with Crippen molar-refractivity contribution in [1.82, 2.24) is 0 Å². The number of hydrogen-bond donors (Lipinski definition) is 0. The first-order valence-electron chi connectivity index (χ1n) is 10.1. The van der Waals surface area contributed by atoms with Gasteiger partial charge in [-0.05, 0) is 78.9 Å². The fourth-order valence-corrected chi connectivity index (χ4v) is 5.57. The molecular formula is C28H18. The SMILES string of the molecule is c1ccc2c(c1)Cc1ccc3c(c1-2)-c1c(c2ccccc2c2ccccc12)C3. The third kappa shape index (κ3) is 1.71. The molecule has 130 valence electrons. The van der Waals surface area contributed by atoms with Gasteiger partial charge in [0.15, 0.2) is 0 Å². The molecular weight excluding hydrogens is 336 g/mol. The van der Waals surface area contributed by atoms with Crippen LogP contribution in [-0.4, -0.2) is 0 Å². The molecule has 0 amide bonds. The molecule has 0 aliphatic heterocycles. The van der Waals surface area contributed by atoms with E-state index in [0.717, 1.165) is 12.8 Å². The van der Waals surface area contributed by atoms with Crippen molar-refractivity contribution in [3.05, 3.63) is 107 Å². The molecule has 0 atom stereocenters. The molecule has 0 bridgehead atoms. The van der Waals surface area contributed by atoms with Crippen LogP contribution in [0.3, 0.4) is 0 Å². The van der Waals surface area contributed by atoms with Crippen molar-refractivity contribution in [3.63, 3.8) is 0 Å². The largest absolute Gasteiger partial charge is 0.0619 e. The van der Waals surface area contributed by atoms with Crippen molar-refractivity contribution in [2.75, 3.05) is 0 Å². The first-order chi connectivity index (χ1) is 13.9. The molecule has 0 N–H and O–H groups in total. The van der Waals surface area contributed by atoms with E-state index in [0.29, 0.717) is 0 Å². The lowest BCUT2D eigenvalue weighted by molar-refractivity contribution is 1.24. The highest BCUT2D eigenvalue weighted by Crippen LogP contribution is 2.52. The van der Waals surface area contributed by atoms with Crippen molar-refractivity contribution in [3.8, 4) is 22.3 Å². The molecule has 2 aliphatic rings. The second-order valence-electron chi connectivity index (χ2n) is 8.09. The Morgan fingerprint density at radius 1 is 0.393 bits per heavy atom. The maximum Gasteiger partial charge on any atom is -0.000682 e. The molecule has 7 rings (SSSR count). The molecule has 0 fully saturated rings. The van der Waals surface area contributed by atoms with E-state index >= 15 is 0 Å². The molecule has 0 radical (unpaired) electrons. The zero-order valence-corrected chi connectivity index (χ0v) is 15.5. The van der Waals surface area contributed by atoms with Gasteiger partial charge in [0, 0.05) is 0 Å². The van der Waals surface area contributed by atoms with Crippen LogP contribution in [0.2, 0.25) is 0 Å². The van der Waals surface area contributed by atoms with E-state index in [9.17, 15) is 0 Å². The van der Waals surface area contributed by atoms with Gasteiger partial charge >= 0.3 is 0 Å². The third-order valence-corrected chi connectivity index (χ3v) is 6.70. The van der Waals surface area contributed by atoms with Gasteiger partial charge in [0.05, 0.1) is 0 Å². The maximum absolute atomic E-state index is 2.38. The van der Waals surface area contributed by atoms with Gasteiger partial charge in [-0.2, -0.15) is 0 Å². The van der Waals surface area contributed by atoms with Gasteiger partial charge in [-0.25, -0.2) is 0 Å². The summed E-state index contributed by atoms with van der Waals surface area (Å²) in [5, 5.41) is 5.55. The van der Waals surface area contributed by atoms with E-state index in [-0.39, 0.29) is 0 Å². The fraction of sp³-hybridized carbons (Fsp3) is 0.0714. The van der Waals surface area contributed by atoms with E-state index < -0.39 is 0 Å². The lowest BCUT2D eigenvalue weighted by Gasteiger charge is -2.15. The zero-order chi connectivity index (χ0) is 18.2. The Kier molecular flexibility index (Phi) is 2.67. The second kappa shape index (κ2) is 5.11. The van der Waals surface area contributed by atoms with Gasteiger partial charge in [-0.15, -0.1) is 0 Å². The minimum absolute atomic E-state index is 1.03. The highest BCUT2D eigenvalue weighted by molar-refractivity contribution is 6.19. The number of fused-ring (bicyclic) bond motifs is 12. The number of hydrogen-bond acceptors (Lipinski definition) is 0. The van der Waals surface area contributed by atoms with Crippen molar-refractivity contribution >= 4 is 21.5 Å². The maximum atomic E-state index is 2.38. The van der Waals surface area contributed by atoms with Crippen LogP contribution in [0.15, 0.2) is 84.9 Å². The van der Waals surface area contributed by atoms with Gasteiger partial charge in [-0.1, -0.05) is 84.9 Å². The lowest BCUT2D eigenvalue weighted by atomic mass is 9.88. The van der Waals surface area contributed by atoms with Crippen molar-refractivity contribution in [2.24, 2.45) is 0 Å². The average Bonchev–Trinajstić information content (AvgIpc) is 3.32. The quantitative estimate of drug-likeness (QED) is 0.254. The first kappa shape index (κ1) is 14.6. The van der Waals surface area contributed by atoms with E-state index in [1.807, 2.05) is 0 Å². The Morgan fingerprint density at radius 2 is 1.00 bits per heavy atom. The normalized spacial score (nSPS) is 13.4. The van der Waals surface area contributed by atoms with Gasteiger partial charge in [0.25, 0.3) is 0 Å². The summed E-state index contributed by atoms with van der Waals surface area (Å²) in [4.78, 5) is 0. The predicted octanol–water partition coefficient (Wildman–Crippen LogP) is 7.14. The lowest BCUT2D eigenvalue weighted by Crippen LogP contribution is -1.89. The van der Waals surface area contributed by atoms with Crippen molar-refractivity contribution < 1.29 is 0 Å². The smallest absolute Gasteiger partial charge is 0.000682 e. The highest BCUT2D eigenvalue weighted by atomic mass is 14.3. The summed E-state index contributed by atoms with van der Waals surface area (Å²) in [7, 11) is 0. The monoisotopic (exact) mass is 354 g/mol. The third-order valence-electron chi connectivity index (χ3n) is 6.70. The zero-order valence-electron chi connectivity index (χ0n) is 15.5. The molecule has 5 aromatic rings. The standard InChI is InChI=1S/C28H18/c1-2-8-20-17(7-1)15-18-13-14-19-16-25-23-11-4-3-9-21(23)22-10-5-6-12-24(22)28(25)27(19)26(18)20/h1-14H,15-16H2. The van der Waals surface area contributed by atoms with Crippen LogP contribution in [0, 0.1) is 0 Å². The Hall–Kier alpha value is -3.38. The summed E-state index contributed by atoms with van der Waals surface area (Å²) in [5.41, 5.74) is 11.8. The van der Waals surface area contributed by atoms with Crippen LogP contribution >= 0.6 is 0 Å². The predicted molar refractivity (Wildman–Crippen MR) is 118 cm³/mol. The van der Waals surface area contributed by atoms with Crippen LogP contribution in [0.25, 0.3) is 43.8 Å². The summed E-state index contributed by atoms with van der Waals surface area (Å²) in [6, 6.07) is 31.6.